The third kappa shape index (κ3) is 2.58. The Labute approximate surface area is 115 Å². The van der Waals surface area contributed by atoms with Crippen molar-refractivity contribution >= 4 is 28.8 Å². The van der Waals surface area contributed by atoms with Gasteiger partial charge in [-0.05, 0) is 36.8 Å². The number of carboxylic acids is 1. The SMILES string of the molecule is O=C(O)c1ccc2nnn(CC3CCCCS3)c2c1. The lowest BCUT2D eigenvalue weighted by Crippen LogP contribution is -2.17. The van der Waals surface area contributed by atoms with Crippen molar-refractivity contribution in [2.75, 3.05) is 5.75 Å². The lowest BCUT2D eigenvalue weighted by atomic mass is 10.2. The zero-order chi connectivity index (χ0) is 13.2. The lowest BCUT2D eigenvalue weighted by Gasteiger charge is -2.20. The topological polar surface area (TPSA) is 68.0 Å². The molecule has 0 bridgehead atoms. The van der Waals surface area contributed by atoms with Gasteiger partial charge in [0.2, 0.25) is 0 Å². The van der Waals surface area contributed by atoms with Gasteiger partial charge < -0.3 is 5.11 Å². The van der Waals surface area contributed by atoms with E-state index in [-0.39, 0.29) is 5.56 Å². The van der Waals surface area contributed by atoms with Gasteiger partial charge in [-0.2, -0.15) is 11.8 Å². The second-order valence-electron chi connectivity index (χ2n) is 4.77. The molecule has 1 atom stereocenters. The van der Waals surface area contributed by atoms with Gasteiger partial charge in [-0.1, -0.05) is 11.6 Å². The second-order valence-corrected chi connectivity index (χ2v) is 6.18. The summed E-state index contributed by atoms with van der Waals surface area (Å²) < 4.78 is 1.84. The molecule has 19 heavy (non-hydrogen) atoms. The van der Waals surface area contributed by atoms with Gasteiger partial charge in [0.15, 0.2) is 0 Å². The molecular formula is C13H15N3O2S. The van der Waals surface area contributed by atoms with Gasteiger partial charge in [-0.15, -0.1) is 5.10 Å². The van der Waals surface area contributed by atoms with E-state index in [1.807, 2.05) is 16.4 Å². The van der Waals surface area contributed by atoms with Crippen molar-refractivity contribution in [1.29, 1.82) is 0 Å². The summed E-state index contributed by atoms with van der Waals surface area (Å²) in [6, 6.07) is 4.94. The van der Waals surface area contributed by atoms with Crippen LogP contribution in [0.25, 0.3) is 11.0 Å². The van der Waals surface area contributed by atoms with Crippen LogP contribution in [0.4, 0.5) is 0 Å². The second kappa shape index (κ2) is 5.21. The van der Waals surface area contributed by atoms with Gasteiger partial charge in [-0.25, -0.2) is 9.48 Å². The molecule has 1 aromatic heterocycles. The first kappa shape index (κ1) is 12.5. The van der Waals surface area contributed by atoms with Crippen molar-refractivity contribution in [3.8, 4) is 0 Å². The smallest absolute Gasteiger partial charge is 0.335 e. The van der Waals surface area contributed by atoms with Crippen LogP contribution in [0.3, 0.4) is 0 Å². The van der Waals surface area contributed by atoms with Crippen LogP contribution in [-0.2, 0) is 6.54 Å². The molecule has 100 valence electrons. The number of rotatable bonds is 3. The third-order valence-electron chi connectivity index (χ3n) is 3.41. The fraction of sp³-hybridized carbons (Fsp3) is 0.462. The van der Waals surface area contributed by atoms with E-state index in [1.165, 1.54) is 25.0 Å². The molecule has 1 saturated heterocycles. The Balaban J connectivity index is 1.89. The fourth-order valence-electron chi connectivity index (χ4n) is 2.38. The number of carboxylic acid groups (broad SMARTS) is 1. The number of hydrogen-bond acceptors (Lipinski definition) is 4. The van der Waals surface area contributed by atoms with E-state index < -0.39 is 5.97 Å². The van der Waals surface area contributed by atoms with Gasteiger partial charge in [0.05, 0.1) is 17.6 Å². The van der Waals surface area contributed by atoms with E-state index in [4.69, 9.17) is 5.11 Å². The quantitative estimate of drug-likeness (QED) is 0.933. The van der Waals surface area contributed by atoms with Crippen LogP contribution in [0.2, 0.25) is 0 Å². The Hall–Kier alpha value is -1.56. The number of nitrogens with zero attached hydrogens (tertiary/aromatic N) is 3. The van der Waals surface area contributed by atoms with Gasteiger partial charge in [0.1, 0.15) is 5.52 Å². The molecule has 1 unspecified atom stereocenters. The van der Waals surface area contributed by atoms with Crippen LogP contribution in [0.15, 0.2) is 18.2 Å². The van der Waals surface area contributed by atoms with Crippen LogP contribution in [0.5, 0.6) is 0 Å². The Kier molecular flexibility index (Phi) is 3.42. The Morgan fingerprint density at radius 3 is 3.11 bits per heavy atom. The molecule has 0 spiro atoms. The average molecular weight is 277 g/mol. The van der Waals surface area contributed by atoms with Crippen LogP contribution in [-0.4, -0.2) is 37.1 Å². The maximum Gasteiger partial charge on any atom is 0.335 e. The highest BCUT2D eigenvalue weighted by Crippen LogP contribution is 2.27. The van der Waals surface area contributed by atoms with Crippen molar-refractivity contribution in [3.05, 3.63) is 23.8 Å². The average Bonchev–Trinajstić information content (AvgIpc) is 2.82. The highest BCUT2D eigenvalue weighted by atomic mass is 32.2. The van der Waals surface area contributed by atoms with E-state index in [0.717, 1.165) is 17.6 Å². The molecule has 1 aliphatic rings. The van der Waals surface area contributed by atoms with Crippen LogP contribution < -0.4 is 0 Å². The summed E-state index contributed by atoms with van der Waals surface area (Å²) in [5.41, 5.74) is 1.85. The Morgan fingerprint density at radius 1 is 1.47 bits per heavy atom. The number of fused-ring (bicyclic) bond motifs is 1. The highest BCUT2D eigenvalue weighted by Gasteiger charge is 2.17. The number of aromatic carboxylic acids is 1. The van der Waals surface area contributed by atoms with Crippen molar-refractivity contribution in [3.63, 3.8) is 0 Å². The summed E-state index contributed by atoms with van der Waals surface area (Å²) >= 11 is 1.98. The molecule has 2 heterocycles. The molecule has 1 fully saturated rings. The number of benzene rings is 1. The minimum atomic E-state index is -0.915. The fourth-order valence-corrected chi connectivity index (χ4v) is 3.66. The lowest BCUT2D eigenvalue weighted by molar-refractivity contribution is 0.0697. The summed E-state index contributed by atoms with van der Waals surface area (Å²) in [5, 5.41) is 17.8. The van der Waals surface area contributed by atoms with Crippen molar-refractivity contribution in [1.82, 2.24) is 15.0 Å². The van der Waals surface area contributed by atoms with Crippen LogP contribution in [0.1, 0.15) is 29.6 Å². The minimum absolute atomic E-state index is 0.285. The number of hydrogen-bond donors (Lipinski definition) is 1. The third-order valence-corrected chi connectivity index (χ3v) is 4.79. The van der Waals surface area contributed by atoms with Gasteiger partial charge >= 0.3 is 5.97 Å². The molecule has 0 aliphatic carbocycles. The Bertz CT molecular complexity index is 605. The summed E-state index contributed by atoms with van der Waals surface area (Å²) in [7, 11) is 0. The molecular weight excluding hydrogens is 262 g/mol. The summed E-state index contributed by atoms with van der Waals surface area (Å²) in [5.74, 6) is 0.291. The molecule has 1 aromatic carbocycles. The predicted octanol–water partition coefficient (Wildman–Crippen LogP) is 2.42. The minimum Gasteiger partial charge on any atom is -0.478 e. The Morgan fingerprint density at radius 2 is 2.37 bits per heavy atom. The normalized spacial score (nSPS) is 19.7. The van der Waals surface area contributed by atoms with E-state index >= 15 is 0 Å². The highest BCUT2D eigenvalue weighted by molar-refractivity contribution is 7.99. The zero-order valence-electron chi connectivity index (χ0n) is 10.5. The van der Waals surface area contributed by atoms with Gasteiger partial charge in [0.25, 0.3) is 0 Å². The molecule has 0 radical (unpaired) electrons. The summed E-state index contributed by atoms with van der Waals surface area (Å²) in [4.78, 5) is 11.0. The van der Waals surface area contributed by atoms with Gasteiger partial charge in [0, 0.05) is 5.25 Å². The largest absolute Gasteiger partial charge is 0.478 e. The number of thioether (sulfide) groups is 1. The number of aromatic nitrogens is 3. The van der Waals surface area contributed by atoms with E-state index in [1.54, 1.807) is 18.2 Å². The summed E-state index contributed by atoms with van der Waals surface area (Å²) in [6.45, 7) is 0.810. The predicted molar refractivity (Wildman–Crippen MR) is 74.6 cm³/mol. The first-order valence-electron chi connectivity index (χ1n) is 6.42. The van der Waals surface area contributed by atoms with E-state index in [2.05, 4.69) is 10.3 Å². The monoisotopic (exact) mass is 277 g/mol. The van der Waals surface area contributed by atoms with E-state index in [9.17, 15) is 4.79 Å². The molecule has 5 nitrogen and oxygen atoms in total. The van der Waals surface area contributed by atoms with Crippen LogP contribution in [0, 0.1) is 0 Å². The van der Waals surface area contributed by atoms with Crippen LogP contribution >= 0.6 is 11.8 Å². The van der Waals surface area contributed by atoms with Gasteiger partial charge in [-0.3, -0.25) is 0 Å². The molecule has 0 amide bonds. The van der Waals surface area contributed by atoms with Crippen molar-refractivity contribution < 1.29 is 9.90 Å². The zero-order valence-corrected chi connectivity index (χ0v) is 11.3. The molecule has 1 N–H and O–H groups in total. The molecule has 1 aliphatic heterocycles. The molecule has 3 rings (SSSR count). The molecule has 2 aromatic rings. The maximum absolute atomic E-state index is 11.0. The molecule has 0 saturated carbocycles. The van der Waals surface area contributed by atoms with Crippen molar-refractivity contribution in [2.45, 2.75) is 31.1 Å². The molecule has 6 heteroatoms. The first-order chi connectivity index (χ1) is 9.24. The number of carbonyl (C=O) groups is 1. The van der Waals surface area contributed by atoms with E-state index in [0.29, 0.717) is 5.25 Å². The van der Waals surface area contributed by atoms with Crippen molar-refractivity contribution in [2.24, 2.45) is 0 Å². The summed E-state index contributed by atoms with van der Waals surface area (Å²) in [6.07, 6.45) is 3.76. The standard InChI is InChI=1S/C13H15N3O2S/c17-13(18)9-4-5-11-12(7-9)16(15-14-11)8-10-3-1-2-6-19-10/h4-5,7,10H,1-3,6,8H2,(H,17,18). The maximum atomic E-state index is 11.0. The first-order valence-corrected chi connectivity index (χ1v) is 7.47.